The maximum Gasteiger partial charge on any atom is 0.409 e. The molecule has 0 unspecified atom stereocenters. The minimum atomic E-state index is -0.340. The summed E-state index contributed by atoms with van der Waals surface area (Å²) in [7, 11) is 1.69. The lowest BCUT2D eigenvalue weighted by molar-refractivity contribution is 0.112. The van der Waals surface area contributed by atoms with Crippen molar-refractivity contribution in [3.05, 3.63) is 36.1 Å². The fraction of sp³-hybridized carbons (Fsp3) is 0.308. The van der Waals surface area contributed by atoms with Crippen LogP contribution in [0.15, 0.2) is 34.7 Å². The number of nitrogens with zero attached hydrogens (tertiary/aromatic N) is 1. The Hall–Kier alpha value is -1.97. The monoisotopic (exact) mass is 233 g/mol. The zero-order chi connectivity index (χ0) is 12.3. The first-order chi connectivity index (χ1) is 8.20. The summed E-state index contributed by atoms with van der Waals surface area (Å²) in [5, 5.41) is 1.04. The molecule has 0 atom stereocenters. The number of hydrogen-bond donors (Lipinski definition) is 0. The van der Waals surface area contributed by atoms with Crippen molar-refractivity contribution in [2.45, 2.75) is 13.5 Å². The summed E-state index contributed by atoms with van der Waals surface area (Å²) in [5.41, 5.74) is 0.833. The van der Waals surface area contributed by atoms with Crippen LogP contribution in [0, 0.1) is 0 Å². The average Bonchev–Trinajstić information content (AvgIpc) is 2.71. The standard InChI is InChI=1S/C13H15NO3/c1-3-16-13(15)14(2)9-11-8-10-6-4-5-7-12(10)17-11/h4-8H,3,9H2,1-2H3. The van der Waals surface area contributed by atoms with Crippen LogP contribution in [0.2, 0.25) is 0 Å². The Morgan fingerprint density at radius 2 is 2.18 bits per heavy atom. The Balaban J connectivity index is 2.10. The molecular weight excluding hydrogens is 218 g/mol. The second-order valence-electron chi connectivity index (χ2n) is 3.81. The zero-order valence-electron chi connectivity index (χ0n) is 9.97. The van der Waals surface area contributed by atoms with E-state index in [1.54, 1.807) is 14.0 Å². The van der Waals surface area contributed by atoms with Crippen molar-refractivity contribution in [1.29, 1.82) is 0 Å². The van der Waals surface area contributed by atoms with Crippen LogP contribution in [0.3, 0.4) is 0 Å². The van der Waals surface area contributed by atoms with E-state index in [1.165, 1.54) is 4.90 Å². The summed E-state index contributed by atoms with van der Waals surface area (Å²) >= 11 is 0. The Labute approximate surface area is 99.8 Å². The van der Waals surface area contributed by atoms with Crippen LogP contribution in [0.1, 0.15) is 12.7 Å². The summed E-state index contributed by atoms with van der Waals surface area (Å²) in [5.74, 6) is 0.752. The first-order valence-electron chi connectivity index (χ1n) is 5.56. The van der Waals surface area contributed by atoms with Gasteiger partial charge in [0.1, 0.15) is 11.3 Å². The lowest BCUT2D eigenvalue weighted by atomic mass is 10.2. The van der Waals surface area contributed by atoms with Crippen molar-refractivity contribution in [2.24, 2.45) is 0 Å². The van der Waals surface area contributed by atoms with E-state index >= 15 is 0 Å². The van der Waals surface area contributed by atoms with Gasteiger partial charge in [0.2, 0.25) is 0 Å². The maximum atomic E-state index is 11.4. The highest BCUT2D eigenvalue weighted by Crippen LogP contribution is 2.19. The van der Waals surface area contributed by atoms with Gasteiger partial charge in [-0.3, -0.25) is 0 Å². The molecule has 4 nitrogen and oxygen atoms in total. The largest absolute Gasteiger partial charge is 0.459 e. The van der Waals surface area contributed by atoms with Gasteiger partial charge in [0.15, 0.2) is 0 Å². The fourth-order valence-electron chi connectivity index (χ4n) is 1.65. The van der Waals surface area contributed by atoms with Gasteiger partial charge in [-0.1, -0.05) is 18.2 Å². The molecule has 1 aromatic heterocycles. The van der Waals surface area contributed by atoms with Gasteiger partial charge in [0.25, 0.3) is 0 Å². The molecule has 0 fully saturated rings. The fourth-order valence-corrected chi connectivity index (χ4v) is 1.65. The summed E-state index contributed by atoms with van der Waals surface area (Å²) in [4.78, 5) is 12.9. The number of hydrogen-bond acceptors (Lipinski definition) is 3. The minimum absolute atomic E-state index is 0.340. The molecular formula is C13H15NO3. The molecule has 2 aromatic rings. The molecule has 0 spiro atoms. The van der Waals surface area contributed by atoms with Gasteiger partial charge in [0.05, 0.1) is 13.2 Å². The van der Waals surface area contributed by atoms with E-state index in [1.807, 2.05) is 30.3 Å². The van der Waals surface area contributed by atoms with Gasteiger partial charge in [0, 0.05) is 12.4 Å². The molecule has 2 rings (SSSR count). The SMILES string of the molecule is CCOC(=O)N(C)Cc1cc2ccccc2o1. The van der Waals surface area contributed by atoms with Crippen molar-refractivity contribution in [3.8, 4) is 0 Å². The maximum absolute atomic E-state index is 11.4. The summed E-state index contributed by atoms with van der Waals surface area (Å²) < 4.78 is 10.5. The molecule has 0 N–H and O–H groups in total. The normalized spacial score (nSPS) is 10.5. The third kappa shape index (κ3) is 2.58. The second-order valence-corrected chi connectivity index (χ2v) is 3.81. The van der Waals surface area contributed by atoms with Crippen LogP contribution in [0.25, 0.3) is 11.0 Å². The van der Waals surface area contributed by atoms with E-state index < -0.39 is 0 Å². The third-order valence-corrected chi connectivity index (χ3v) is 2.45. The summed E-state index contributed by atoms with van der Waals surface area (Å²) in [6.45, 7) is 2.57. The minimum Gasteiger partial charge on any atom is -0.459 e. The molecule has 17 heavy (non-hydrogen) atoms. The van der Waals surface area contributed by atoms with Crippen molar-refractivity contribution >= 4 is 17.1 Å². The topological polar surface area (TPSA) is 42.7 Å². The number of ether oxygens (including phenoxy) is 1. The highest BCUT2D eigenvalue weighted by atomic mass is 16.6. The van der Waals surface area contributed by atoms with Crippen LogP contribution in [0.5, 0.6) is 0 Å². The molecule has 0 aliphatic carbocycles. The van der Waals surface area contributed by atoms with Gasteiger partial charge < -0.3 is 14.1 Å². The lowest BCUT2D eigenvalue weighted by Gasteiger charge is -2.14. The molecule has 90 valence electrons. The Morgan fingerprint density at radius 1 is 1.41 bits per heavy atom. The molecule has 0 aliphatic rings. The molecule has 4 heteroatoms. The molecule has 1 aromatic carbocycles. The number of rotatable bonds is 3. The number of furan rings is 1. The first kappa shape index (κ1) is 11.5. The molecule has 0 saturated carbocycles. The number of carbonyl (C=O) groups is 1. The van der Waals surface area contributed by atoms with Crippen LogP contribution < -0.4 is 0 Å². The third-order valence-electron chi connectivity index (χ3n) is 2.45. The van der Waals surface area contributed by atoms with Gasteiger partial charge in [-0.2, -0.15) is 0 Å². The van der Waals surface area contributed by atoms with Crippen LogP contribution in [-0.4, -0.2) is 24.6 Å². The predicted octanol–water partition coefficient (Wildman–Crippen LogP) is 3.02. The first-order valence-corrected chi connectivity index (χ1v) is 5.56. The van der Waals surface area contributed by atoms with Crippen LogP contribution in [0.4, 0.5) is 4.79 Å². The molecule has 1 amide bonds. The summed E-state index contributed by atoms with van der Waals surface area (Å²) in [6, 6.07) is 9.70. The van der Waals surface area contributed by atoms with Gasteiger partial charge in [-0.05, 0) is 19.1 Å². The average molecular weight is 233 g/mol. The van der Waals surface area contributed by atoms with E-state index in [0.29, 0.717) is 13.2 Å². The molecule has 0 radical (unpaired) electrons. The Kier molecular flexibility index (Phi) is 3.32. The smallest absolute Gasteiger partial charge is 0.409 e. The number of fused-ring (bicyclic) bond motifs is 1. The molecule has 0 aliphatic heterocycles. The van der Waals surface area contributed by atoms with E-state index in [2.05, 4.69) is 0 Å². The van der Waals surface area contributed by atoms with Gasteiger partial charge in [-0.15, -0.1) is 0 Å². The highest BCUT2D eigenvalue weighted by Gasteiger charge is 2.12. The predicted molar refractivity (Wildman–Crippen MR) is 64.7 cm³/mol. The van der Waals surface area contributed by atoms with E-state index in [0.717, 1.165) is 16.7 Å². The molecule has 0 saturated heterocycles. The number of carbonyl (C=O) groups excluding carboxylic acids is 1. The van der Waals surface area contributed by atoms with Crippen LogP contribution >= 0.6 is 0 Å². The molecule has 1 heterocycles. The molecule has 0 bridgehead atoms. The second kappa shape index (κ2) is 4.91. The van der Waals surface area contributed by atoms with E-state index in [9.17, 15) is 4.79 Å². The Morgan fingerprint density at radius 3 is 2.88 bits per heavy atom. The quantitative estimate of drug-likeness (QED) is 0.818. The van der Waals surface area contributed by atoms with E-state index in [-0.39, 0.29) is 6.09 Å². The van der Waals surface area contributed by atoms with E-state index in [4.69, 9.17) is 9.15 Å². The van der Waals surface area contributed by atoms with Crippen molar-refractivity contribution < 1.29 is 13.9 Å². The number of benzene rings is 1. The zero-order valence-corrected chi connectivity index (χ0v) is 9.97. The summed E-state index contributed by atoms with van der Waals surface area (Å²) in [6.07, 6.45) is -0.340. The number of para-hydroxylation sites is 1. The van der Waals surface area contributed by atoms with Crippen molar-refractivity contribution in [1.82, 2.24) is 4.90 Å². The lowest BCUT2D eigenvalue weighted by Crippen LogP contribution is -2.26. The highest BCUT2D eigenvalue weighted by molar-refractivity contribution is 5.77. The number of amides is 1. The van der Waals surface area contributed by atoms with Crippen molar-refractivity contribution in [2.75, 3.05) is 13.7 Å². The van der Waals surface area contributed by atoms with Crippen LogP contribution in [-0.2, 0) is 11.3 Å². The van der Waals surface area contributed by atoms with Gasteiger partial charge >= 0.3 is 6.09 Å². The van der Waals surface area contributed by atoms with Crippen molar-refractivity contribution in [3.63, 3.8) is 0 Å². The van der Waals surface area contributed by atoms with Gasteiger partial charge in [-0.25, -0.2) is 4.79 Å². The Bertz CT molecular complexity index is 485.